The number of rotatable bonds is 6. The maximum atomic E-state index is 14.8. The molecule has 0 atom stereocenters. The van der Waals surface area contributed by atoms with E-state index in [-0.39, 0.29) is 33.6 Å². The molecule has 4 aromatic rings. The molecule has 0 aliphatic carbocycles. The summed E-state index contributed by atoms with van der Waals surface area (Å²) in [5.41, 5.74) is -2.44. The fourth-order valence-corrected chi connectivity index (χ4v) is 4.36. The second-order valence-electron chi connectivity index (χ2n) is 7.91. The largest absolute Gasteiger partial charge is 0.298 e. The summed E-state index contributed by atoms with van der Waals surface area (Å²) in [6.45, 7) is 2.36. The fourth-order valence-electron chi connectivity index (χ4n) is 4.36. The Kier molecular flexibility index (Phi) is 6.30. The summed E-state index contributed by atoms with van der Waals surface area (Å²) in [6.07, 6.45) is 2.69. The average molecular weight is 478 g/mol. The van der Waals surface area contributed by atoms with Gasteiger partial charge in [0.05, 0.1) is 11.4 Å². The molecule has 0 N–H and O–H groups in total. The van der Waals surface area contributed by atoms with E-state index >= 15 is 0 Å². The van der Waals surface area contributed by atoms with Gasteiger partial charge in [-0.2, -0.15) is 0 Å². The first-order chi connectivity index (χ1) is 16.7. The van der Waals surface area contributed by atoms with E-state index in [4.69, 9.17) is 0 Å². The van der Waals surface area contributed by atoms with Crippen LogP contribution in [-0.2, 0) is 15.0 Å². The molecule has 0 saturated heterocycles. The van der Waals surface area contributed by atoms with Gasteiger partial charge in [0.15, 0.2) is 11.6 Å². The molecule has 0 aliphatic heterocycles. The van der Waals surface area contributed by atoms with Crippen molar-refractivity contribution < 1.29 is 27.2 Å². The van der Waals surface area contributed by atoms with E-state index in [9.17, 15) is 27.2 Å². The van der Waals surface area contributed by atoms with Gasteiger partial charge in [0.1, 0.15) is 28.7 Å². The van der Waals surface area contributed by atoms with Crippen LogP contribution < -0.4 is 0 Å². The van der Waals surface area contributed by atoms with Gasteiger partial charge in [0.25, 0.3) is 0 Å². The zero-order valence-corrected chi connectivity index (χ0v) is 18.7. The van der Waals surface area contributed by atoms with Crippen LogP contribution in [0.1, 0.15) is 25.0 Å². The van der Waals surface area contributed by atoms with E-state index in [0.717, 1.165) is 24.3 Å². The number of carbonyl (C=O) groups is 2. The van der Waals surface area contributed by atoms with Crippen LogP contribution >= 0.6 is 0 Å². The fraction of sp³-hybridized carbons (Fsp3) is 0.111. The highest BCUT2D eigenvalue weighted by Crippen LogP contribution is 2.43. The topological polar surface area (TPSA) is 59.9 Å². The highest BCUT2D eigenvalue weighted by molar-refractivity contribution is 6.16. The number of hydrogen-bond donors (Lipinski definition) is 0. The smallest absolute Gasteiger partial charge is 0.152 e. The van der Waals surface area contributed by atoms with Crippen molar-refractivity contribution >= 4 is 11.6 Å². The predicted octanol–water partition coefficient (Wildman–Crippen LogP) is 5.83. The SMILES string of the molecule is CC(=O)C(C(C)=O)(c1cccnc1-c1ccc(F)cc1F)c1cccnc1-c1ccc(F)cc1F. The third-order valence-corrected chi connectivity index (χ3v) is 5.85. The number of ketones is 2. The van der Waals surface area contributed by atoms with Crippen molar-refractivity contribution in [1.82, 2.24) is 9.97 Å². The van der Waals surface area contributed by atoms with E-state index in [2.05, 4.69) is 9.97 Å². The highest BCUT2D eigenvalue weighted by Gasteiger charge is 2.48. The van der Waals surface area contributed by atoms with Crippen molar-refractivity contribution in [2.24, 2.45) is 0 Å². The third-order valence-electron chi connectivity index (χ3n) is 5.85. The molecule has 0 amide bonds. The van der Waals surface area contributed by atoms with Gasteiger partial charge in [-0.1, -0.05) is 12.1 Å². The Balaban J connectivity index is 2.11. The van der Waals surface area contributed by atoms with Gasteiger partial charge in [-0.3, -0.25) is 19.6 Å². The molecule has 0 spiro atoms. The lowest BCUT2D eigenvalue weighted by Crippen LogP contribution is -2.43. The van der Waals surface area contributed by atoms with Gasteiger partial charge in [-0.15, -0.1) is 0 Å². The Hall–Kier alpha value is -4.20. The molecule has 35 heavy (non-hydrogen) atoms. The number of benzene rings is 2. The molecule has 0 aliphatic rings. The molecule has 2 aromatic heterocycles. The van der Waals surface area contributed by atoms with Crippen LogP contribution in [0.3, 0.4) is 0 Å². The number of hydrogen-bond acceptors (Lipinski definition) is 4. The lowest BCUT2D eigenvalue weighted by Gasteiger charge is -2.32. The normalized spacial score (nSPS) is 11.4. The summed E-state index contributed by atoms with van der Waals surface area (Å²) < 4.78 is 56.8. The number of aromatic nitrogens is 2. The number of Topliss-reactive ketones (excluding diaryl/α,β-unsaturated/α-hetero) is 2. The highest BCUT2D eigenvalue weighted by atomic mass is 19.1. The van der Waals surface area contributed by atoms with Crippen LogP contribution in [0.4, 0.5) is 17.6 Å². The van der Waals surface area contributed by atoms with Crippen LogP contribution in [0.25, 0.3) is 22.5 Å². The summed E-state index contributed by atoms with van der Waals surface area (Å²) in [6, 6.07) is 11.5. The maximum Gasteiger partial charge on any atom is 0.152 e. The molecule has 0 radical (unpaired) electrons. The Morgan fingerprint density at radius 2 is 1.06 bits per heavy atom. The molecule has 2 heterocycles. The average Bonchev–Trinajstić information content (AvgIpc) is 2.80. The molecule has 4 rings (SSSR count). The zero-order valence-electron chi connectivity index (χ0n) is 18.7. The monoisotopic (exact) mass is 478 g/mol. The molecule has 0 bridgehead atoms. The van der Waals surface area contributed by atoms with Gasteiger partial charge in [-0.05, 0) is 50.2 Å². The van der Waals surface area contributed by atoms with Crippen molar-refractivity contribution in [3.63, 3.8) is 0 Å². The summed E-state index contributed by atoms with van der Waals surface area (Å²) in [5, 5.41) is 0. The number of halogens is 4. The standard InChI is InChI=1S/C27H18F4N2O2/c1-15(34)27(16(2)35,21-5-3-11-32-25(21)19-9-7-17(28)13-23(19)30)22-6-4-12-33-26(22)20-10-8-18(29)14-24(20)31/h3-14H,1-2H3. The van der Waals surface area contributed by atoms with Crippen molar-refractivity contribution in [3.8, 4) is 22.5 Å². The van der Waals surface area contributed by atoms with Crippen molar-refractivity contribution in [1.29, 1.82) is 0 Å². The van der Waals surface area contributed by atoms with E-state index in [1.54, 1.807) is 0 Å². The lowest BCUT2D eigenvalue weighted by molar-refractivity contribution is -0.130. The quantitative estimate of drug-likeness (QED) is 0.258. The second-order valence-corrected chi connectivity index (χ2v) is 7.91. The van der Waals surface area contributed by atoms with Gasteiger partial charge >= 0.3 is 0 Å². The van der Waals surface area contributed by atoms with Crippen LogP contribution in [0.5, 0.6) is 0 Å². The van der Waals surface area contributed by atoms with E-state index in [0.29, 0.717) is 12.1 Å². The summed E-state index contributed by atoms with van der Waals surface area (Å²) in [5.74, 6) is -4.81. The van der Waals surface area contributed by atoms with Crippen LogP contribution in [0, 0.1) is 23.3 Å². The zero-order chi connectivity index (χ0) is 25.3. The van der Waals surface area contributed by atoms with Crippen molar-refractivity contribution in [2.45, 2.75) is 19.3 Å². The molecule has 2 aromatic carbocycles. The van der Waals surface area contributed by atoms with Crippen molar-refractivity contribution in [2.75, 3.05) is 0 Å². The molecule has 176 valence electrons. The minimum absolute atomic E-state index is 0.0160. The Morgan fingerprint density at radius 1 is 0.657 bits per heavy atom. The van der Waals surface area contributed by atoms with E-state index < -0.39 is 40.3 Å². The van der Waals surface area contributed by atoms with Crippen LogP contribution in [0.15, 0.2) is 73.1 Å². The van der Waals surface area contributed by atoms with Crippen molar-refractivity contribution in [3.05, 3.63) is 107 Å². The van der Waals surface area contributed by atoms with Gasteiger partial charge in [0, 0.05) is 46.8 Å². The molecule has 8 heteroatoms. The second kappa shape index (κ2) is 9.21. The molecule has 0 fully saturated rings. The van der Waals surface area contributed by atoms with Gasteiger partial charge in [0.2, 0.25) is 0 Å². The first-order valence-electron chi connectivity index (χ1n) is 10.5. The van der Waals surface area contributed by atoms with Crippen LogP contribution in [-0.4, -0.2) is 21.5 Å². The van der Waals surface area contributed by atoms with Gasteiger partial charge in [-0.25, -0.2) is 17.6 Å². The maximum absolute atomic E-state index is 14.8. The number of carbonyl (C=O) groups excluding carboxylic acids is 2. The summed E-state index contributed by atoms with van der Waals surface area (Å²) in [7, 11) is 0. The summed E-state index contributed by atoms with van der Waals surface area (Å²) >= 11 is 0. The van der Waals surface area contributed by atoms with E-state index in [1.807, 2.05) is 0 Å². The first kappa shape index (κ1) is 23.9. The first-order valence-corrected chi connectivity index (χ1v) is 10.5. The Bertz CT molecular complexity index is 1360. The number of nitrogens with zero attached hydrogens (tertiary/aromatic N) is 2. The number of pyridine rings is 2. The lowest BCUT2D eigenvalue weighted by atomic mass is 9.67. The molecular formula is C27H18F4N2O2. The van der Waals surface area contributed by atoms with Gasteiger partial charge < -0.3 is 0 Å². The van der Waals surface area contributed by atoms with E-state index in [1.165, 1.54) is 50.5 Å². The molecular weight excluding hydrogens is 460 g/mol. The molecule has 0 saturated carbocycles. The Morgan fingerprint density at radius 3 is 1.40 bits per heavy atom. The summed E-state index contributed by atoms with van der Waals surface area (Å²) in [4.78, 5) is 35.2. The molecule has 0 unspecified atom stereocenters. The Labute approximate surface area is 198 Å². The predicted molar refractivity (Wildman–Crippen MR) is 121 cm³/mol. The van der Waals surface area contributed by atoms with Crippen LogP contribution in [0.2, 0.25) is 0 Å². The molecule has 4 nitrogen and oxygen atoms in total. The third kappa shape index (κ3) is 4.01. The minimum atomic E-state index is -2.07. The minimum Gasteiger partial charge on any atom is -0.298 e.